The van der Waals surface area contributed by atoms with Crippen LogP contribution in [-0.2, 0) is 4.79 Å². The number of carbonyl (C=O) groups excluding carboxylic acids is 1. The second-order valence-electron chi connectivity index (χ2n) is 6.32. The highest BCUT2D eigenvalue weighted by molar-refractivity contribution is 5.98. The molecular weight excluding hydrogens is 336 g/mol. The van der Waals surface area contributed by atoms with Crippen LogP contribution in [0.4, 0.5) is 5.69 Å². The number of ether oxygens (including phenoxy) is 1. The monoisotopic (exact) mass is 362 g/mol. The van der Waals surface area contributed by atoms with E-state index in [4.69, 9.17) is 4.74 Å². The number of amides is 1. The second-order valence-corrected chi connectivity index (χ2v) is 6.32. The van der Waals surface area contributed by atoms with Gasteiger partial charge in [-0.3, -0.25) is 4.79 Å². The summed E-state index contributed by atoms with van der Waals surface area (Å²) >= 11 is 0. The van der Waals surface area contributed by atoms with Gasteiger partial charge in [-0.15, -0.1) is 0 Å². The van der Waals surface area contributed by atoms with Crippen molar-refractivity contribution in [3.05, 3.63) is 90.3 Å². The molecule has 0 radical (unpaired) electrons. The molecule has 4 heteroatoms. The lowest BCUT2D eigenvalue weighted by atomic mass is 10.1. The van der Waals surface area contributed by atoms with Gasteiger partial charge in [0.05, 0.1) is 13.7 Å². The number of hydrogen-bond donors (Lipinski definition) is 1. The third kappa shape index (κ3) is 5.89. The molecule has 0 aliphatic carbocycles. The van der Waals surface area contributed by atoms with Crippen molar-refractivity contribution in [2.45, 2.75) is 13.8 Å². The molecule has 0 spiro atoms. The number of allylic oxidation sites excluding steroid dienone is 1. The number of anilines is 1. The first kappa shape index (κ1) is 20.0. The summed E-state index contributed by atoms with van der Waals surface area (Å²) in [5.41, 5.74) is 3.87. The lowest BCUT2D eigenvalue weighted by Gasteiger charge is -2.24. The van der Waals surface area contributed by atoms with E-state index in [0.29, 0.717) is 17.8 Å². The summed E-state index contributed by atoms with van der Waals surface area (Å²) in [6.07, 6.45) is 1.85. The van der Waals surface area contributed by atoms with E-state index < -0.39 is 0 Å². The molecule has 0 fully saturated rings. The Morgan fingerprint density at radius 1 is 1.07 bits per heavy atom. The van der Waals surface area contributed by atoms with Crippen molar-refractivity contribution in [3.8, 4) is 5.75 Å². The first-order valence-electron chi connectivity index (χ1n) is 8.70. The van der Waals surface area contributed by atoms with Gasteiger partial charge in [0, 0.05) is 22.7 Å². The summed E-state index contributed by atoms with van der Waals surface area (Å²) in [5, 5.41) is 3.22. The predicted octanol–water partition coefficient (Wildman–Crippen LogP) is 5.09. The fourth-order valence-corrected chi connectivity index (χ4v) is 2.56. The van der Waals surface area contributed by atoms with Crippen LogP contribution in [0.2, 0.25) is 0 Å². The molecule has 0 aromatic heterocycles. The first-order chi connectivity index (χ1) is 12.9. The lowest BCUT2D eigenvalue weighted by molar-refractivity contribution is -0.124. The van der Waals surface area contributed by atoms with Gasteiger partial charge in [-0.2, -0.15) is 0 Å². The van der Waals surface area contributed by atoms with Crippen LogP contribution in [-0.4, -0.2) is 24.5 Å². The summed E-state index contributed by atoms with van der Waals surface area (Å²) in [5.74, 6) is 0.678. The SMILES string of the molecule is C=C(CN(C(=C)C)C(=O)/C(C)=C/c1ccc(OC)cc1)Nc1ccccc1. The molecule has 4 nitrogen and oxygen atoms in total. The van der Waals surface area contributed by atoms with Gasteiger partial charge in [0.25, 0.3) is 5.91 Å². The zero-order valence-corrected chi connectivity index (χ0v) is 16.2. The molecule has 0 atom stereocenters. The zero-order valence-electron chi connectivity index (χ0n) is 16.2. The number of methoxy groups -OCH3 is 1. The Bertz CT molecular complexity index is 836. The fourth-order valence-electron chi connectivity index (χ4n) is 2.56. The molecule has 1 N–H and O–H groups in total. The smallest absolute Gasteiger partial charge is 0.254 e. The van der Waals surface area contributed by atoms with Gasteiger partial charge in [-0.25, -0.2) is 0 Å². The maximum absolute atomic E-state index is 12.9. The number of carbonyl (C=O) groups is 1. The normalized spacial score (nSPS) is 10.9. The van der Waals surface area contributed by atoms with Crippen molar-refractivity contribution in [3.63, 3.8) is 0 Å². The van der Waals surface area contributed by atoms with Crippen molar-refractivity contribution >= 4 is 17.7 Å². The van der Waals surface area contributed by atoms with E-state index in [-0.39, 0.29) is 5.91 Å². The third-order valence-corrected chi connectivity index (χ3v) is 3.99. The number of hydrogen-bond acceptors (Lipinski definition) is 3. The summed E-state index contributed by atoms with van der Waals surface area (Å²) < 4.78 is 5.16. The van der Waals surface area contributed by atoms with Gasteiger partial charge in [-0.1, -0.05) is 43.5 Å². The average Bonchev–Trinajstić information content (AvgIpc) is 2.66. The first-order valence-corrected chi connectivity index (χ1v) is 8.70. The van der Waals surface area contributed by atoms with Crippen molar-refractivity contribution in [1.82, 2.24) is 4.90 Å². The molecule has 0 bridgehead atoms. The minimum Gasteiger partial charge on any atom is -0.497 e. The number of nitrogens with zero attached hydrogens (tertiary/aromatic N) is 1. The molecule has 2 rings (SSSR count). The average molecular weight is 362 g/mol. The maximum Gasteiger partial charge on any atom is 0.254 e. The minimum atomic E-state index is -0.102. The molecule has 0 heterocycles. The van der Waals surface area contributed by atoms with Crippen LogP contribution in [0, 0.1) is 0 Å². The third-order valence-electron chi connectivity index (χ3n) is 3.99. The van der Waals surface area contributed by atoms with E-state index >= 15 is 0 Å². The van der Waals surface area contributed by atoms with Crippen molar-refractivity contribution < 1.29 is 9.53 Å². The Kier molecular flexibility index (Phi) is 7.00. The Morgan fingerprint density at radius 2 is 1.70 bits per heavy atom. The van der Waals surface area contributed by atoms with Crippen LogP contribution in [0.5, 0.6) is 5.75 Å². The number of benzene rings is 2. The lowest BCUT2D eigenvalue weighted by Crippen LogP contribution is -2.32. The highest BCUT2D eigenvalue weighted by Crippen LogP contribution is 2.17. The summed E-state index contributed by atoms with van der Waals surface area (Å²) in [7, 11) is 1.63. The van der Waals surface area contributed by atoms with Gasteiger partial charge in [-0.05, 0) is 49.8 Å². The van der Waals surface area contributed by atoms with Gasteiger partial charge in [0.15, 0.2) is 0 Å². The highest BCUT2D eigenvalue weighted by atomic mass is 16.5. The quantitative estimate of drug-likeness (QED) is 0.665. The molecule has 2 aromatic rings. The molecule has 0 unspecified atom stereocenters. The van der Waals surface area contributed by atoms with Crippen LogP contribution in [0.1, 0.15) is 19.4 Å². The Labute approximate surface area is 161 Å². The van der Waals surface area contributed by atoms with E-state index in [2.05, 4.69) is 18.5 Å². The number of rotatable bonds is 8. The van der Waals surface area contributed by atoms with E-state index in [1.54, 1.807) is 18.9 Å². The maximum atomic E-state index is 12.9. The Morgan fingerprint density at radius 3 is 2.26 bits per heavy atom. The summed E-state index contributed by atoms with van der Waals surface area (Å²) in [4.78, 5) is 14.5. The van der Waals surface area contributed by atoms with Crippen LogP contribution >= 0.6 is 0 Å². The van der Waals surface area contributed by atoms with Crippen LogP contribution in [0.25, 0.3) is 6.08 Å². The zero-order chi connectivity index (χ0) is 19.8. The fraction of sp³-hybridized carbons (Fsp3) is 0.174. The molecule has 0 aliphatic rings. The molecule has 140 valence electrons. The Balaban J connectivity index is 2.09. The predicted molar refractivity (Wildman–Crippen MR) is 112 cm³/mol. The number of nitrogens with one attached hydrogen (secondary N) is 1. The molecule has 1 amide bonds. The van der Waals surface area contributed by atoms with E-state index in [1.807, 2.05) is 67.6 Å². The van der Waals surface area contributed by atoms with Gasteiger partial charge in [0.1, 0.15) is 5.75 Å². The topological polar surface area (TPSA) is 41.6 Å². The van der Waals surface area contributed by atoms with Crippen molar-refractivity contribution in [2.24, 2.45) is 0 Å². The molecule has 0 saturated carbocycles. The molecule has 0 aliphatic heterocycles. The molecular formula is C23H26N2O2. The summed E-state index contributed by atoms with van der Waals surface area (Å²) in [6, 6.07) is 17.3. The second kappa shape index (κ2) is 9.43. The van der Waals surface area contributed by atoms with E-state index in [0.717, 1.165) is 22.7 Å². The van der Waals surface area contributed by atoms with E-state index in [9.17, 15) is 4.79 Å². The van der Waals surface area contributed by atoms with Crippen molar-refractivity contribution in [1.29, 1.82) is 0 Å². The van der Waals surface area contributed by atoms with Crippen molar-refractivity contribution in [2.75, 3.05) is 19.0 Å². The Hall–Kier alpha value is -3.27. The molecule has 2 aromatic carbocycles. The molecule has 27 heavy (non-hydrogen) atoms. The van der Waals surface area contributed by atoms with Gasteiger partial charge >= 0.3 is 0 Å². The van der Waals surface area contributed by atoms with Crippen LogP contribution < -0.4 is 10.1 Å². The largest absolute Gasteiger partial charge is 0.497 e. The standard InChI is InChI=1S/C23H26N2O2/c1-17(2)25(16-19(4)24-21-9-7-6-8-10-21)23(26)18(3)15-20-11-13-22(27-5)14-12-20/h6-15,24H,1,4,16H2,2-3,5H3/b18-15+. The van der Waals surface area contributed by atoms with Crippen LogP contribution in [0.3, 0.4) is 0 Å². The highest BCUT2D eigenvalue weighted by Gasteiger charge is 2.17. The van der Waals surface area contributed by atoms with E-state index in [1.165, 1.54) is 0 Å². The minimum absolute atomic E-state index is 0.102. The van der Waals surface area contributed by atoms with Gasteiger partial charge in [0.2, 0.25) is 0 Å². The number of para-hydroxylation sites is 1. The molecule has 0 saturated heterocycles. The summed E-state index contributed by atoms with van der Waals surface area (Å²) in [6.45, 7) is 11.9. The van der Waals surface area contributed by atoms with Crippen LogP contribution in [0.15, 0.2) is 84.7 Å². The van der Waals surface area contributed by atoms with Gasteiger partial charge < -0.3 is 15.0 Å².